The lowest BCUT2D eigenvalue weighted by atomic mass is 9.93. The Kier molecular flexibility index (Phi) is 5.37. The Morgan fingerprint density at radius 1 is 1.08 bits per heavy atom. The van der Waals surface area contributed by atoms with Crippen LogP contribution in [0.4, 0.5) is 18.9 Å². The van der Waals surface area contributed by atoms with Crippen LogP contribution in [0.2, 0.25) is 0 Å². The molecule has 2 aromatic carbocycles. The predicted molar refractivity (Wildman–Crippen MR) is 90.7 cm³/mol. The molecule has 0 saturated heterocycles. The molecule has 0 heterocycles. The Morgan fingerprint density at radius 3 is 2.24 bits per heavy atom. The van der Waals surface area contributed by atoms with Crippen molar-refractivity contribution in [2.45, 2.75) is 31.6 Å². The van der Waals surface area contributed by atoms with Crippen molar-refractivity contribution in [3.8, 4) is 0 Å². The topological polar surface area (TPSA) is 81.1 Å². The molecule has 0 fully saturated rings. The summed E-state index contributed by atoms with van der Waals surface area (Å²) in [6.07, 6.45) is -4.11. The van der Waals surface area contributed by atoms with E-state index in [1.165, 1.54) is 12.1 Å². The van der Waals surface area contributed by atoms with Gasteiger partial charge in [0.15, 0.2) is 0 Å². The number of primary amides is 1. The molecule has 5 N–H and O–H groups in total. The Balaban J connectivity index is 2.05. The standard InChI is InChI=1S/C18H20F3N3O/c1-17(23,16(22)25)10-12-6-8-14(9-7-12)24-11-13-4-2-3-5-15(13)18(19,20)21/h2-9,24H,10-11,23H2,1H3,(H2,22,25). The van der Waals surface area contributed by atoms with E-state index in [1.807, 2.05) is 0 Å². The van der Waals surface area contributed by atoms with E-state index in [4.69, 9.17) is 11.5 Å². The van der Waals surface area contributed by atoms with E-state index >= 15 is 0 Å². The molecule has 0 aliphatic rings. The third kappa shape index (κ3) is 4.96. The zero-order valence-corrected chi connectivity index (χ0v) is 13.7. The van der Waals surface area contributed by atoms with Crippen LogP contribution in [0, 0.1) is 0 Å². The molecule has 0 spiro atoms. The molecule has 2 aromatic rings. The van der Waals surface area contributed by atoms with E-state index in [-0.39, 0.29) is 18.5 Å². The summed E-state index contributed by atoms with van der Waals surface area (Å²) in [6, 6.07) is 12.4. The van der Waals surface area contributed by atoms with Crippen molar-refractivity contribution in [2.75, 3.05) is 5.32 Å². The zero-order valence-electron chi connectivity index (χ0n) is 13.7. The SMILES string of the molecule is CC(N)(Cc1ccc(NCc2ccccc2C(F)(F)F)cc1)C(N)=O. The predicted octanol–water partition coefficient (Wildman–Crippen LogP) is 3.06. The van der Waals surface area contributed by atoms with Crippen molar-refractivity contribution < 1.29 is 18.0 Å². The molecule has 7 heteroatoms. The van der Waals surface area contributed by atoms with Crippen molar-refractivity contribution in [2.24, 2.45) is 11.5 Å². The molecular weight excluding hydrogens is 331 g/mol. The van der Waals surface area contributed by atoms with Crippen molar-refractivity contribution >= 4 is 11.6 Å². The van der Waals surface area contributed by atoms with Crippen LogP contribution in [0.25, 0.3) is 0 Å². The fourth-order valence-corrected chi connectivity index (χ4v) is 2.40. The lowest BCUT2D eigenvalue weighted by molar-refractivity contribution is -0.138. The number of amides is 1. The van der Waals surface area contributed by atoms with Crippen molar-refractivity contribution in [1.82, 2.24) is 0 Å². The lowest BCUT2D eigenvalue weighted by Crippen LogP contribution is -2.51. The van der Waals surface area contributed by atoms with E-state index in [9.17, 15) is 18.0 Å². The monoisotopic (exact) mass is 351 g/mol. The molecule has 0 aliphatic carbocycles. The van der Waals surface area contributed by atoms with Gasteiger partial charge < -0.3 is 16.8 Å². The summed E-state index contributed by atoms with van der Waals surface area (Å²) < 4.78 is 38.9. The highest BCUT2D eigenvalue weighted by molar-refractivity contribution is 5.84. The van der Waals surface area contributed by atoms with Crippen LogP contribution < -0.4 is 16.8 Å². The average Bonchev–Trinajstić information content (AvgIpc) is 2.53. The summed E-state index contributed by atoms with van der Waals surface area (Å²) in [4.78, 5) is 11.3. The van der Waals surface area contributed by atoms with Crippen LogP contribution in [-0.4, -0.2) is 11.4 Å². The second-order valence-electron chi connectivity index (χ2n) is 6.16. The smallest absolute Gasteiger partial charge is 0.381 e. The molecule has 0 aliphatic heterocycles. The highest BCUT2D eigenvalue weighted by atomic mass is 19.4. The molecule has 0 saturated carbocycles. The summed E-state index contributed by atoms with van der Waals surface area (Å²) in [5, 5.41) is 2.96. The van der Waals surface area contributed by atoms with Gasteiger partial charge in [0.2, 0.25) is 5.91 Å². The zero-order chi connectivity index (χ0) is 18.7. The van der Waals surface area contributed by atoms with Crippen LogP contribution >= 0.6 is 0 Å². The second kappa shape index (κ2) is 7.14. The summed E-state index contributed by atoms with van der Waals surface area (Å²) in [6.45, 7) is 1.60. The van der Waals surface area contributed by atoms with Gasteiger partial charge in [-0.15, -0.1) is 0 Å². The minimum Gasteiger partial charge on any atom is -0.381 e. The molecular formula is C18H20F3N3O. The van der Waals surface area contributed by atoms with Crippen LogP contribution in [0.5, 0.6) is 0 Å². The number of alkyl halides is 3. The number of benzene rings is 2. The van der Waals surface area contributed by atoms with E-state index in [0.717, 1.165) is 11.6 Å². The average molecular weight is 351 g/mol. The third-order valence-corrected chi connectivity index (χ3v) is 3.89. The first-order valence-electron chi connectivity index (χ1n) is 7.66. The minimum atomic E-state index is -4.39. The van der Waals surface area contributed by atoms with Gasteiger partial charge in [-0.25, -0.2) is 0 Å². The number of hydrogen-bond acceptors (Lipinski definition) is 3. The molecule has 1 amide bonds. The highest BCUT2D eigenvalue weighted by Gasteiger charge is 2.32. The maximum atomic E-state index is 13.0. The maximum absolute atomic E-state index is 13.0. The number of carbonyl (C=O) groups excluding carboxylic acids is 1. The molecule has 0 bridgehead atoms. The second-order valence-corrected chi connectivity index (χ2v) is 6.16. The van der Waals surface area contributed by atoms with Crippen LogP contribution in [-0.2, 0) is 23.9 Å². The number of rotatable bonds is 6. The Morgan fingerprint density at radius 2 is 1.68 bits per heavy atom. The number of carbonyl (C=O) groups is 1. The van der Waals surface area contributed by atoms with E-state index in [0.29, 0.717) is 5.69 Å². The molecule has 25 heavy (non-hydrogen) atoms. The van der Waals surface area contributed by atoms with Gasteiger partial charge in [-0.3, -0.25) is 4.79 Å². The lowest BCUT2D eigenvalue weighted by Gasteiger charge is -2.20. The minimum absolute atomic E-state index is 0.0465. The molecule has 0 aromatic heterocycles. The van der Waals surface area contributed by atoms with Gasteiger partial charge in [0.25, 0.3) is 0 Å². The summed E-state index contributed by atoms with van der Waals surface area (Å²) in [5.74, 6) is -0.599. The Hall–Kier alpha value is -2.54. The summed E-state index contributed by atoms with van der Waals surface area (Å²) in [5.41, 5.74) is 10.9. The Labute approximate surface area is 144 Å². The largest absolute Gasteiger partial charge is 0.416 e. The number of nitrogens with one attached hydrogen (secondary N) is 1. The van der Waals surface area contributed by atoms with Crippen molar-refractivity contribution in [3.05, 3.63) is 65.2 Å². The highest BCUT2D eigenvalue weighted by Crippen LogP contribution is 2.32. The first-order chi connectivity index (χ1) is 11.6. The van der Waals surface area contributed by atoms with Crippen molar-refractivity contribution in [3.63, 3.8) is 0 Å². The molecule has 134 valence electrons. The molecule has 2 rings (SSSR count). The van der Waals surface area contributed by atoms with Gasteiger partial charge in [0, 0.05) is 12.2 Å². The fourth-order valence-electron chi connectivity index (χ4n) is 2.40. The summed E-state index contributed by atoms with van der Waals surface area (Å²) in [7, 11) is 0. The molecule has 0 radical (unpaired) electrons. The number of anilines is 1. The fraction of sp³-hybridized carbons (Fsp3) is 0.278. The summed E-state index contributed by atoms with van der Waals surface area (Å²) >= 11 is 0. The molecule has 4 nitrogen and oxygen atoms in total. The number of halogens is 3. The normalized spacial score (nSPS) is 14.0. The number of hydrogen-bond donors (Lipinski definition) is 3. The third-order valence-electron chi connectivity index (χ3n) is 3.89. The quantitative estimate of drug-likeness (QED) is 0.748. The first kappa shape index (κ1) is 18.8. The van der Waals surface area contributed by atoms with Crippen molar-refractivity contribution in [1.29, 1.82) is 0 Å². The number of nitrogens with two attached hydrogens (primary N) is 2. The van der Waals surface area contributed by atoms with Gasteiger partial charge in [0.1, 0.15) is 0 Å². The van der Waals surface area contributed by atoms with Crippen LogP contribution in [0.1, 0.15) is 23.6 Å². The van der Waals surface area contributed by atoms with E-state index in [2.05, 4.69) is 5.32 Å². The maximum Gasteiger partial charge on any atom is 0.416 e. The first-order valence-corrected chi connectivity index (χ1v) is 7.66. The molecule has 1 unspecified atom stereocenters. The van der Waals surface area contributed by atoms with Gasteiger partial charge in [0.05, 0.1) is 11.1 Å². The van der Waals surface area contributed by atoms with E-state index in [1.54, 1.807) is 37.3 Å². The van der Waals surface area contributed by atoms with Crippen LogP contribution in [0.3, 0.4) is 0 Å². The van der Waals surface area contributed by atoms with Gasteiger partial charge in [-0.1, -0.05) is 30.3 Å². The van der Waals surface area contributed by atoms with Gasteiger partial charge in [-0.05, 0) is 42.7 Å². The Bertz CT molecular complexity index is 740. The van der Waals surface area contributed by atoms with Gasteiger partial charge >= 0.3 is 6.18 Å². The van der Waals surface area contributed by atoms with Gasteiger partial charge in [-0.2, -0.15) is 13.2 Å². The molecule has 1 atom stereocenters. The van der Waals surface area contributed by atoms with E-state index < -0.39 is 23.2 Å². The van der Waals surface area contributed by atoms with Crippen LogP contribution in [0.15, 0.2) is 48.5 Å².